The molecule has 0 unspecified atom stereocenters. The van der Waals surface area contributed by atoms with Crippen molar-refractivity contribution < 1.29 is 17.9 Å². The van der Waals surface area contributed by atoms with Gasteiger partial charge >= 0.3 is 0 Å². The molecule has 0 fully saturated rings. The molecule has 3 aromatic carbocycles. The summed E-state index contributed by atoms with van der Waals surface area (Å²) in [6.45, 7) is 0.416. The second-order valence-electron chi connectivity index (χ2n) is 6.47. The van der Waals surface area contributed by atoms with Gasteiger partial charge in [0, 0.05) is 13.6 Å². The van der Waals surface area contributed by atoms with Gasteiger partial charge in [0.15, 0.2) is 0 Å². The molecule has 0 saturated carbocycles. The molecule has 3 rings (SSSR count). The van der Waals surface area contributed by atoms with Crippen molar-refractivity contribution in [1.29, 1.82) is 0 Å². The Morgan fingerprint density at radius 2 is 1.55 bits per heavy atom. The summed E-state index contributed by atoms with van der Waals surface area (Å²) >= 11 is 0. The first-order valence-electron chi connectivity index (χ1n) is 8.96. The van der Waals surface area contributed by atoms with Gasteiger partial charge in [0.1, 0.15) is 5.75 Å². The number of hydrogen-bond acceptors (Lipinski definition) is 4. The number of nitrogens with one attached hydrogen (secondary N) is 1. The molecule has 150 valence electrons. The smallest absolute Gasteiger partial charge is 0.261 e. The summed E-state index contributed by atoms with van der Waals surface area (Å²) in [7, 11) is -0.661. The largest absolute Gasteiger partial charge is 0.497 e. The maximum atomic E-state index is 13.0. The predicted octanol–water partition coefficient (Wildman–Crippen LogP) is 3.77. The summed E-state index contributed by atoms with van der Waals surface area (Å²) in [6.07, 6.45) is 0. The van der Waals surface area contributed by atoms with Crippen molar-refractivity contribution in [2.75, 3.05) is 18.9 Å². The van der Waals surface area contributed by atoms with E-state index >= 15 is 0 Å². The predicted molar refractivity (Wildman–Crippen MR) is 112 cm³/mol. The number of sulfonamides is 1. The third kappa shape index (κ3) is 4.94. The monoisotopic (exact) mass is 410 g/mol. The Labute approximate surface area is 170 Å². The second-order valence-corrected chi connectivity index (χ2v) is 8.16. The number of anilines is 1. The number of rotatable bonds is 7. The third-order valence-electron chi connectivity index (χ3n) is 4.38. The van der Waals surface area contributed by atoms with E-state index in [4.69, 9.17) is 4.74 Å². The molecule has 7 heteroatoms. The maximum absolute atomic E-state index is 13.0. The molecule has 0 aliphatic heterocycles. The molecule has 1 N–H and O–H groups in total. The number of ether oxygens (including phenoxy) is 1. The molecule has 0 saturated heterocycles. The van der Waals surface area contributed by atoms with Gasteiger partial charge < -0.3 is 9.64 Å². The molecular weight excluding hydrogens is 388 g/mol. The normalized spacial score (nSPS) is 11.0. The summed E-state index contributed by atoms with van der Waals surface area (Å²) in [5.41, 5.74) is 1.50. The molecule has 1 amide bonds. The van der Waals surface area contributed by atoms with Crippen LogP contribution in [0.2, 0.25) is 0 Å². The molecule has 0 aliphatic carbocycles. The molecule has 0 aliphatic rings. The van der Waals surface area contributed by atoms with Crippen LogP contribution in [-0.4, -0.2) is 33.4 Å². The number of nitrogens with zero attached hydrogens (tertiary/aromatic N) is 1. The van der Waals surface area contributed by atoms with Crippen LogP contribution in [0.4, 0.5) is 5.69 Å². The summed E-state index contributed by atoms with van der Waals surface area (Å²) in [6, 6.07) is 22.2. The molecule has 0 bridgehead atoms. The average molecular weight is 410 g/mol. The minimum Gasteiger partial charge on any atom is -0.497 e. The van der Waals surface area contributed by atoms with E-state index in [1.807, 2.05) is 30.3 Å². The van der Waals surface area contributed by atoms with Crippen molar-refractivity contribution >= 4 is 21.6 Å². The van der Waals surface area contributed by atoms with E-state index in [2.05, 4.69) is 4.72 Å². The van der Waals surface area contributed by atoms with Crippen LogP contribution >= 0.6 is 0 Å². The molecule has 0 radical (unpaired) electrons. The standard InChI is InChI=1S/C22H22N2O4S/c1-24(16-17-8-4-3-5-9-17)22(25)20-10-6-7-11-21(20)23-29(26,27)19-14-12-18(28-2)13-15-19/h3-15,23H,16H2,1-2H3. The minimum atomic E-state index is -3.86. The fraction of sp³-hybridized carbons (Fsp3) is 0.136. The molecule has 0 atom stereocenters. The number of carbonyl (C=O) groups excluding carboxylic acids is 1. The van der Waals surface area contributed by atoms with E-state index in [9.17, 15) is 13.2 Å². The van der Waals surface area contributed by atoms with Crippen LogP contribution in [0.1, 0.15) is 15.9 Å². The molecule has 3 aromatic rings. The van der Waals surface area contributed by atoms with Gasteiger partial charge in [-0.1, -0.05) is 42.5 Å². The molecule has 0 spiro atoms. The summed E-state index contributed by atoms with van der Waals surface area (Å²) in [5, 5.41) is 0. The lowest BCUT2D eigenvalue weighted by Crippen LogP contribution is -2.27. The fourth-order valence-corrected chi connectivity index (χ4v) is 3.93. The van der Waals surface area contributed by atoms with Crippen LogP contribution < -0.4 is 9.46 Å². The van der Waals surface area contributed by atoms with E-state index in [0.717, 1.165) is 5.56 Å². The Balaban J connectivity index is 1.83. The highest BCUT2D eigenvalue weighted by Gasteiger charge is 2.20. The lowest BCUT2D eigenvalue weighted by atomic mass is 10.1. The first-order chi connectivity index (χ1) is 13.9. The van der Waals surface area contributed by atoms with Gasteiger partial charge in [0.25, 0.3) is 15.9 Å². The molecular formula is C22H22N2O4S. The van der Waals surface area contributed by atoms with Crippen LogP contribution in [0.15, 0.2) is 83.8 Å². The number of amides is 1. The minimum absolute atomic E-state index is 0.0817. The van der Waals surface area contributed by atoms with Gasteiger partial charge in [-0.2, -0.15) is 0 Å². The summed E-state index contributed by atoms with van der Waals surface area (Å²) in [4.78, 5) is 14.6. The topological polar surface area (TPSA) is 75.7 Å². The van der Waals surface area contributed by atoms with Gasteiger partial charge in [-0.05, 0) is 42.0 Å². The van der Waals surface area contributed by atoms with Crippen molar-refractivity contribution in [3.63, 3.8) is 0 Å². The van der Waals surface area contributed by atoms with Gasteiger partial charge in [0.05, 0.1) is 23.3 Å². The SMILES string of the molecule is COc1ccc(S(=O)(=O)Nc2ccccc2C(=O)N(C)Cc2ccccc2)cc1. The highest BCUT2D eigenvalue weighted by molar-refractivity contribution is 7.92. The number of hydrogen-bond donors (Lipinski definition) is 1. The maximum Gasteiger partial charge on any atom is 0.261 e. The van der Waals surface area contributed by atoms with Gasteiger partial charge in [-0.25, -0.2) is 8.42 Å². The number of benzene rings is 3. The highest BCUT2D eigenvalue weighted by Crippen LogP contribution is 2.23. The van der Waals surface area contributed by atoms with Crippen molar-refractivity contribution in [3.05, 3.63) is 90.0 Å². The van der Waals surface area contributed by atoms with Crippen molar-refractivity contribution in [1.82, 2.24) is 4.90 Å². The third-order valence-corrected chi connectivity index (χ3v) is 5.76. The fourth-order valence-electron chi connectivity index (χ4n) is 2.85. The van der Waals surface area contributed by atoms with Crippen LogP contribution in [-0.2, 0) is 16.6 Å². The average Bonchev–Trinajstić information content (AvgIpc) is 2.74. The van der Waals surface area contributed by atoms with E-state index in [1.165, 1.54) is 19.2 Å². The Morgan fingerprint density at radius 1 is 0.931 bits per heavy atom. The van der Waals surface area contributed by atoms with Crippen LogP contribution in [0.5, 0.6) is 5.75 Å². The van der Waals surface area contributed by atoms with Crippen molar-refractivity contribution in [3.8, 4) is 5.75 Å². The highest BCUT2D eigenvalue weighted by atomic mass is 32.2. The van der Waals surface area contributed by atoms with Crippen LogP contribution in [0, 0.1) is 0 Å². The van der Waals surface area contributed by atoms with Crippen LogP contribution in [0.25, 0.3) is 0 Å². The van der Waals surface area contributed by atoms with E-state index in [1.54, 1.807) is 48.3 Å². The molecule has 6 nitrogen and oxygen atoms in total. The quantitative estimate of drug-likeness (QED) is 0.643. The lowest BCUT2D eigenvalue weighted by Gasteiger charge is -2.20. The number of para-hydroxylation sites is 1. The van der Waals surface area contributed by atoms with E-state index in [0.29, 0.717) is 12.3 Å². The second kappa shape index (κ2) is 8.79. The molecule has 0 aromatic heterocycles. The summed E-state index contributed by atoms with van der Waals surface area (Å²) in [5.74, 6) is 0.281. The van der Waals surface area contributed by atoms with Crippen molar-refractivity contribution in [2.45, 2.75) is 11.4 Å². The number of methoxy groups -OCH3 is 1. The molecule has 0 heterocycles. The summed E-state index contributed by atoms with van der Waals surface area (Å²) < 4.78 is 33.1. The zero-order valence-electron chi connectivity index (χ0n) is 16.2. The van der Waals surface area contributed by atoms with Crippen molar-refractivity contribution in [2.24, 2.45) is 0 Å². The van der Waals surface area contributed by atoms with Gasteiger partial charge in [0.2, 0.25) is 0 Å². The van der Waals surface area contributed by atoms with Gasteiger partial charge in [-0.3, -0.25) is 9.52 Å². The van der Waals surface area contributed by atoms with Crippen LogP contribution in [0.3, 0.4) is 0 Å². The number of carbonyl (C=O) groups is 1. The Hall–Kier alpha value is -3.32. The Bertz CT molecular complexity index is 1080. The lowest BCUT2D eigenvalue weighted by molar-refractivity contribution is 0.0786. The zero-order valence-corrected chi connectivity index (χ0v) is 17.0. The van der Waals surface area contributed by atoms with E-state index < -0.39 is 10.0 Å². The molecule has 29 heavy (non-hydrogen) atoms. The van der Waals surface area contributed by atoms with E-state index in [-0.39, 0.29) is 22.1 Å². The zero-order chi connectivity index (χ0) is 20.9. The Morgan fingerprint density at radius 3 is 2.21 bits per heavy atom. The van der Waals surface area contributed by atoms with Gasteiger partial charge in [-0.15, -0.1) is 0 Å². The first kappa shape index (κ1) is 20.4. The Kier molecular flexibility index (Phi) is 6.19. The first-order valence-corrected chi connectivity index (χ1v) is 10.4.